The third-order valence-electron chi connectivity index (χ3n) is 3.11. The van der Waals surface area contributed by atoms with Gasteiger partial charge in [0.2, 0.25) is 0 Å². The van der Waals surface area contributed by atoms with E-state index >= 15 is 0 Å². The van der Waals surface area contributed by atoms with Crippen molar-refractivity contribution in [1.29, 1.82) is 0 Å². The second kappa shape index (κ2) is 5.53. The molecule has 1 nitrogen and oxygen atoms in total. The molecular formula is C13H20ClN. The normalized spacial score (nSPS) is 25.7. The monoisotopic (exact) mass is 225 g/mol. The fourth-order valence-electron chi connectivity index (χ4n) is 2.17. The summed E-state index contributed by atoms with van der Waals surface area (Å²) in [4.78, 5) is 0. The van der Waals surface area contributed by atoms with Crippen LogP contribution in [0.25, 0.3) is 0 Å². The minimum Gasteiger partial charge on any atom is -0.310 e. The molecule has 0 saturated carbocycles. The van der Waals surface area contributed by atoms with Gasteiger partial charge < -0.3 is 5.32 Å². The van der Waals surface area contributed by atoms with Crippen molar-refractivity contribution in [3.8, 4) is 0 Å². The van der Waals surface area contributed by atoms with E-state index in [1.807, 2.05) is 0 Å². The Labute approximate surface area is 98.7 Å². The number of hydrogen-bond acceptors (Lipinski definition) is 1. The van der Waals surface area contributed by atoms with Crippen LogP contribution in [0.4, 0.5) is 0 Å². The van der Waals surface area contributed by atoms with Crippen molar-refractivity contribution in [2.45, 2.75) is 32.7 Å². The van der Waals surface area contributed by atoms with E-state index in [4.69, 9.17) is 0 Å². The molecule has 15 heavy (non-hydrogen) atoms. The van der Waals surface area contributed by atoms with Crippen molar-refractivity contribution in [2.24, 2.45) is 5.92 Å². The summed E-state index contributed by atoms with van der Waals surface area (Å²) in [6, 6.07) is 9.44. The minimum atomic E-state index is 0. The van der Waals surface area contributed by atoms with Gasteiger partial charge in [-0.05, 0) is 37.8 Å². The Bertz CT molecular complexity index is 303. The Morgan fingerprint density at radius 2 is 2.07 bits per heavy atom. The molecule has 0 spiro atoms. The molecule has 1 aliphatic rings. The van der Waals surface area contributed by atoms with Crippen molar-refractivity contribution in [2.75, 3.05) is 6.54 Å². The molecule has 1 aromatic rings. The van der Waals surface area contributed by atoms with E-state index in [1.54, 1.807) is 0 Å². The van der Waals surface area contributed by atoms with Crippen LogP contribution in [0.2, 0.25) is 0 Å². The zero-order valence-corrected chi connectivity index (χ0v) is 10.3. The Kier molecular flexibility index (Phi) is 4.62. The van der Waals surface area contributed by atoms with Gasteiger partial charge in [0, 0.05) is 6.04 Å². The van der Waals surface area contributed by atoms with Gasteiger partial charge in [-0.25, -0.2) is 0 Å². The molecule has 1 fully saturated rings. The van der Waals surface area contributed by atoms with Crippen molar-refractivity contribution in [3.05, 3.63) is 35.4 Å². The van der Waals surface area contributed by atoms with Gasteiger partial charge in [-0.3, -0.25) is 0 Å². The van der Waals surface area contributed by atoms with Crippen molar-refractivity contribution >= 4 is 12.4 Å². The van der Waals surface area contributed by atoms with Gasteiger partial charge in [-0.1, -0.05) is 36.8 Å². The number of benzene rings is 1. The molecular weight excluding hydrogens is 206 g/mol. The Balaban J connectivity index is 0.00000112. The molecule has 0 aromatic heterocycles. The highest BCUT2D eigenvalue weighted by atomic mass is 35.5. The molecule has 1 aromatic carbocycles. The number of halogens is 1. The molecule has 0 aliphatic carbocycles. The van der Waals surface area contributed by atoms with Crippen LogP contribution in [-0.4, -0.2) is 6.54 Å². The van der Waals surface area contributed by atoms with Crippen LogP contribution in [0.15, 0.2) is 24.3 Å². The summed E-state index contributed by atoms with van der Waals surface area (Å²) < 4.78 is 0. The van der Waals surface area contributed by atoms with Crippen molar-refractivity contribution < 1.29 is 0 Å². The molecule has 1 saturated heterocycles. The fourth-order valence-corrected chi connectivity index (χ4v) is 2.17. The lowest BCUT2D eigenvalue weighted by atomic mass is 9.91. The zero-order valence-electron chi connectivity index (χ0n) is 9.49. The zero-order chi connectivity index (χ0) is 9.97. The van der Waals surface area contributed by atoms with E-state index in [0.29, 0.717) is 6.04 Å². The molecule has 84 valence electrons. The van der Waals surface area contributed by atoms with E-state index in [9.17, 15) is 0 Å². The number of rotatable bonds is 1. The average Bonchev–Trinajstić information content (AvgIpc) is 2.19. The molecule has 2 atom stereocenters. The lowest BCUT2D eigenvalue weighted by molar-refractivity contribution is 0.333. The predicted octanol–water partition coefficient (Wildman–Crippen LogP) is 3.48. The maximum atomic E-state index is 3.61. The first-order valence-corrected chi connectivity index (χ1v) is 5.55. The molecule has 2 heteroatoms. The summed E-state index contributed by atoms with van der Waals surface area (Å²) >= 11 is 0. The largest absolute Gasteiger partial charge is 0.310 e. The topological polar surface area (TPSA) is 12.0 Å². The number of piperidine rings is 1. The summed E-state index contributed by atoms with van der Waals surface area (Å²) in [5, 5.41) is 3.61. The van der Waals surface area contributed by atoms with Crippen LogP contribution in [0, 0.1) is 12.8 Å². The van der Waals surface area contributed by atoms with Crippen LogP contribution in [-0.2, 0) is 0 Å². The van der Waals surface area contributed by atoms with Gasteiger partial charge in [0.25, 0.3) is 0 Å². The molecule has 0 radical (unpaired) electrons. The van der Waals surface area contributed by atoms with Gasteiger partial charge in [0.1, 0.15) is 0 Å². The van der Waals surface area contributed by atoms with Crippen molar-refractivity contribution in [3.63, 3.8) is 0 Å². The molecule has 0 unspecified atom stereocenters. The molecule has 1 heterocycles. The quantitative estimate of drug-likeness (QED) is 0.772. The highest BCUT2D eigenvalue weighted by molar-refractivity contribution is 5.85. The highest BCUT2D eigenvalue weighted by Gasteiger charge is 2.18. The van der Waals surface area contributed by atoms with Crippen LogP contribution < -0.4 is 5.32 Å². The summed E-state index contributed by atoms with van der Waals surface area (Å²) in [6.07, 6.45) is 2.64. The molecule has 0 bridgehead atoms. The van der Waals surface area contributed by atoms with Crippen LogP contribution in [0.1, 0.15) is 36.9 Å². The molecule has 0 amide bonds. The predicted molar refractivity (Wildman–Crippen MR) is 67.6 cm³/mol. The van der Waals surface area contributed by atoms with E-state index in [2.05, 4.69) is 43.4 Å². The number of aryl methyl sites for hydroxylation is 1. The molecule has 1 aliphatic heterocycles. The second-order valence-corrected chi connectivity index (χ2v) is 4.56. The summed E-state index contributed by atoms with van der Waals surface area (Å²) in [5.41, 5.74) is 2.82. The number of nitrogens with one attached hydrogen (secondary N) is 1. The van der Waals surface area contributed by atoms with Crippen molar-refractivity contribution in [1.82, 2.24) is 5.32 Å². The highest BCUT2D eigenvalue weighted by Crippen LogP contribution is 2.25. The standard InChI is InChI=1S/C13H19N.ClH/c1-10-4-3-5-12(8-10)13-7-6-11(2)9-14-13;/h3-5,8,11,13-14H,6-7,9H2,1-2H3;1H/t11-,13+;/m0./s1. The van der Waals surface area contributed by atoms with Gasteiger partial charge in [-0.2, -0.15) is 0 Å². The SMILES string of the molecule is Cc1cccc([C@H]2CC[C@H](C)CN2)c1.Cl. The smallest absolute Gasteiger partial charge is 0.0320 e. The third kappa shape index (κ3) is 3.22. The number of hydrogen-bond donors (Lipinski definition) is 1. The first-order valence-electron chi connectivity index (χ1n) is 5.55. The lowest BCUT2D eigenvalue weighted by Crippen LogP contribution is -2.31. The average molecular weight is 226 g/mol. The van der Waals surface area contributed by atoms with E-state index in [0.717, 1.165) is 5.92 Å². The van der Waals surface area contributed by atoms with Gasteiger partial charge in [0.15, 0.2) is 0 Å². The van der Waals surface area contributed by atoms with Gasteiger partial charge in [-0.15, -0.1) is 12.4 Å². The fraction of sp³-hybridized carbons (Fsp3) is 0.538. The van der Waals surface area contributed by atoms with E-state index < -0.39 is 0 Å². The first kappa shape index (κ1) is 12.5. The Morgan fingerprint density at radius 1 is 1.27 bits per heavy atom. The van der Waals surface area contributed by atoms with Crippen LogP contribution >= 0.6 is 12.4 Å². The summed E-state index contributed by atoms with van der Waals surface area (Å²) in [7, 11) is 0. The van der Waals surface area contributed by atoms with Gasteiger partial charge in [0.05, 0.1) is 0 Å². The minimum absolute atomic E-state index is 0. The van der Waals surface area contributed by atoms with Gasteiger partial charge >= 0.3 is 0 Å². The van der Waals surface area contributed by atoms with Crippen LogP contribution in [0.5, 0.6) is 0 Å². The summed E-state index contributed by atoms with van der Waals surface area (Å²) in [6.45, 7) is 5.65. The second-order valence-electron chi connectivity index (χ2n) is 4.56. The summed E-state index contributed by atoms with van der Waals surface area (Å²) in [5.74, 6) is 0.844. The van der Waals surface area contributed by atoms with Crippen LogP contribution in [0.3, 0.4) is 0 Å². The van der Waals surface area contributed by atoms with E-state index in [1.165, 1.54) is 30.5 Å². The molecule has 2 rings (SSSR count). The molecule has 1 N–H and O–H groups in total. The van der Waals surface area contributed by atoms with E-state index in [-0.39, 0.29) is 12.4 Å². The Hall–Kier alpha value is -0.530. The Morgan fingerprint density at radius 3 is 2.67 bits per heavy atom. The maximum absolute atomic E-state index is 3.61. The maximum Gasteiger partial charge on any atom is 0.0320 e. The lowest BCUT2D eigenvalue weighted by Gasteiger charge is -2.28. The first-order chi connectivity index (χ1) is 6.75. The third-order valence-corrected chi connectivity index (χ3v) is 3.11.